The largest absolute Gasteiger partial charge is 0.465 e. The molecule has 0 atom stereocenters. The predicted octanol–water partition coefficient (Wildman–Crippen LogP) is 4.13. The molecule has 1 saturated carbocycles. The van der Waals surface area contributed by atoms with Gasteiger partial charge in [0.05, 0.1) is 36.1 Å². The Bertz CT molecular complexity index is 1820. The number of pyridine rings is 1. The molecule has 11 nitrogen and oxygen atoms in total. The number of nitrogens with zero attached hydrogens (tertiary/aromatic N) is 4. The van der Waals surface area contributed by atoms with Crippen molar-refractivity contribution < 1.29 is 30.6 Å². The SMILES string of the molecule is CC(=O)OCCc1nc2cnc3c(ccn3S(=O)(=O)c3ccc(C)cc3)c2n1C1CCC(C)(COS(C)(=O)=O)CC1. The van der Waals surface area contributed by atoms with Gasteiger partial charge < -0.3 is 9.30 Å². The molecule has 0 unspecified atom stereocenters. The number of carbonyl (C=O) groups excluding carboxylic acids is 1. The molecule has 41 heavy (non-hydrogen) atoms. The second-order valence-corrected chi connectivity index (χ2v) is 14.6. The molecule has 5 rings (SSSR count). The van der Waals surface area contributed by atoms with Gasteiger partial charge in [0.2, 0.25) is 0 Å². The zero-order chi connectivity index (χ0) is 29.6. The molecule has 0 aliphatic heterocycles. The molecular formula is C28H34N4O7S2. The molecule has 0 amide bonds. The normalized spacial score (nSPS) is 20.0. The van der Waals surface area contributed by atoms with Crippen molar-refractivity contribution in [1.29, 1.82) is 0 Å². The number of ether oxygens (including phenoxy) is 1. The van der Waals surface area contributed by atoms with Crippen molar-refractivity contribution in [1.82, 2.24) is 18.5 Å². The highest BCUT2D eigenvalue weighted by molar-refractivity contribution is 7.90. The summed E-state index contributed by atoms with van der Waals surface area (Å²) >= 11 is 0. The molecular weight excluding hydrogens is 568 g/mol. The van der Waals surface area contributed by atoms with E-state index >= 15 is 0 Å². The quantitative estimate of drug-likeness (QED) is 0.204. The van der Waals surface area contributed by atoms with E-state index in [0.717, 1.165) is 43.0 Å². The first kappa shape index (κ1) is 29.2. The molecule has 1 aliphatic rings. The minimum Gasteiger partial charge on any atom is -0.465 e. The van der Waals surface area contributed by atoms with Crippen LogP contribution in [0.25, 0.3) is 22.1 Å². The van der Waals surface area contributed by atoms with Gasteiger partial charge in [-0.2, -0.15) is 8.42 Å². The number of rotatable bonds is 9. The number of hydrogen-bond donors (Lipinski definition) is 0. The third kappa shape index (κ3) is 6.02. The molecule has 0 bridgehead atoms. The van der Waals surface area contributed by atoms with E-state index in [4.69, 9.17) is 13.9 Å². The number of aromatic nitrogens is 4. The zero-order valence-electron chi connectivity index (χ0n) is 23.5. The van der Waals surface area contributed by atoms with Crippen LogP contribution in [0.1, 0.15) is 57.0 Å². The van der Waals surface area contributed by atoms with Gasteiger partial charge in [0, 0.05) is 31.0 Å². The van der Waals surface area contributed by atoms with Crippen LogP contribution >= 0.6 is 0 Å². The zero-order valence-corrected chi connectivity index (χ0v) is 25.2. The Morgan fingerprint density at radius 2 is 1.78 bits per heavy atom. The van der Waals surface area contributed by atoms with Crippen molar-refractivity contribution in [3.63, 3.8) is 0 Å². The number of esters is 1. The first-order chi connectivity index (χ1) is 19.3. The number of fused-ring (bicyclic) bond motifs is 3. The van der Waals surface area contributed by atoms with Crippen molar-refractivity contribution in [2.24, 2.45) is 5.41 Å². The van der Waals surface area contributed by atoms with Crippen LogP contribution in [0.4, 0.5) is 0 Å². The summed E-state index contributed by atoms with van der Waals surface area (Å²) in [5, 5.41) is 0.651. The number of aryl methyl sites for hydroxylation is 1. The van der Waals surface area contributed by atoms with Crippen LogP contribution in [-0.2, 0) is 40.3 Å². The smallest absolute Gasteiger partial charge is 0.302 e. The fraction of sp³-hybridized carbons (Fsp3) is 0.464. The maximum absolute atomic E-state index is 13.6. The van der Waals surface area contributed by atoms with Crippen LogP contribution < -0.4 is 0 Å². The summed E-state index contributed by atoms with van der Waals surface area (Å²) in [7, 11) is -7.43. The van der Waals surface area contributed by atoms with E-state index in [1.54, 1.807) is 36.5 Å². The summed E-state index contributed by atoms with van der Waals surface area (Å²) in [4.78, 5) is 20.9. The fourth-order valence-electron chi connectivity index (χ4n) is 5.52. The van der Waals surface area contributed by atoms with Gasteiger partial charge in [-0.15, -0.1) is 0 Å². The summed E-state index contributed by atoms with van der Waals surface area (Å²) < 4.78 is 64.0. The molecule has 0 saturated heterocycles. The molecule has 0 N–H and O–H groups in total. The highest BCUT2D eigenvalue weighted by Crippen LogP contribution is 2.43. The summed E-state index contributed by atoms with van der Waals surface area (Å²) in [6.07, 6.45) is 7.47. The topological polar surface area (TPSA) is 139 Å². The molecule has 1 aromatic carbocycles. The summed E-state index contributed by atoms with van der Waals surface area (Å²) in [6.45, 7) is 5.56. The number of benzene rings is 1. The van der Waals surface area contributed by atoms with E-state index in [-0.39, 0.29) is 35.5 Å². The third-order valence-electron chi connectivity index (χ3n) is 7.76. The number of imidazole rings is 1. The molecule has 0 spiro atoms. The first-order valence-electron chi connectivity index (χ1n) is 13.4. The van der Waals surface area contributed by atoms with Crippen molar-refractivity contribution in [3.05, 3.63) is 54.1 Å². The Morgan fingerprint density at radius 3 is 2.41 bits per heavy atom. The van der Waals surface area contributed by atoms with Crippen LogP contribution in [0.5, 0.6) is 0 Å². The van der Waals surface area contributed by atoms with Crippen LogP contribution in [0.3, 0.4) is 0 Å². The van der Waals surface area contributed by atoms with Crippen LogP contribution in [0.15, 0.2) is 47.6 Å². The van der Waals surface area contributed by atoms with Crippen LogP contribution in [-0.4, -0.2) is 60.8 Å². The van der Waals surface area contributed by atoms with Crippen LogP contribution in [0.2, 0.25) is 0 Å². The van der Waals surface area contributed by atoms with Gasteiger partial charge in [0.15, 0.2) is 5.65 Å². The Balaban J connectivity index is 1.56. The Labute approximate surface area is 239 Å². The van der Waals surface area contributed by atoms with Gasteiger partial charge in [0.25, 0.3) is 20.1 Å². The molecule has 3 aromatic heterocycles. The lowest BCUT2D eigenvalue weighted by Crippen LogP contribution is -2.31. The molecule has 1 aliphatic carbocycles. The van der Waals surface area contributed by atoms with Gasteiger partial charge in [-0.25, -0.2) is 22.4 Å². The monoisotopic (exact) mass is 602 g/mol. The van der Waals surface area contributed by atoms with Gasteiger partial charge in [-0.05, 0) is 56.2 Å². The van der Waals surface area contributed by atoms with Gasteiger partial charge in [0.1, 0.15) is 11.3 Å². The Hall–Kier alpha value is -3.29. The average Bonchev–Trinajstić information content (AvgIpc) is 3.50. The Kier molecular flexibility index (Phi) is 7.72. The highest BCUT2D eigenvalue weighted by Gasteiger charge is 2.35. The highest BCUT2D eigenvalue weighted by atomic mass is 32.2. The summed E-state index contributed by atoms with van der Waals surface area (Å²) in [5.41, 5.74) is 2.35. The summed E-state index contributed by atoms with van der Waals surface area (Å²) in [5.74, 6) is 0.333. The Morgan fingerprint density at radius 1 is 1.10 bits per heavy atom. The minimum absolute atomic E-state index is 0.0151. The van der Waals surface area contributed by atoms with Crippen molar-refractivity contribution in [2.45, 2.75) is 63.8 Å². The van der Waals surface area contributed by atoms with E-state index in [2.05, 4.69) is 9.55 Å². The predicted molar refractivity (Wildman–Crippen MR) is 154 cm³/mol. The van der Waals surface area contributed by atoms with Crippen molar-refractivity contribution >= 4 is 48.2 Å². The number of carbonyl (C=O) groups is 1. The second-order valence-electron chi connectivity index (χ2n) is 11.2. The molecule has 0 radical (unpaired) electrons. The van der Waals surface area contributed by atoms with E-state index < -0.39 is 20.1 Å². The maximum Gasteiger partial charge on any atom is 0.302 e. The number of hydrogen-bond acceptors (Lipinski definition) is 9. The summed E-state index contributed by atoms with van der Waals surface area (Å²) in [6, 6.07) is 8.44. The lowest BCUT2D eigenvalue weighted by atomic mass is 9.74. The maximum atomic E-state index is 13.6. The molecule has 3 heterocycles. The molecule has 4 aromatic rings. The van der Waals surface area contributed by atoms with Crippen molar-refractivity contribution in [3.8, 4) is 0 Å². The van der Waals surface area contributed by atoms with E-state index in [1.165, 1.54) is 17.1 Å². The molecule has 220 valence electrons. The van der Waals surface area contributed by atoms with E-state index in [0.29, 0.717) is 28.8 Å². The second kappa shape index (κ2) is 10.8. The standard InChI is InChI=1S/C28H34N4O7S2/c1-19-5-7-22(8-6-19)41(36,37)31-15-11-23-26-24(17-29-27(23)31)30-25(12-16-38-20(2)33)32(26)21-9-13-28(3,14-10-21)18-39-40(4,34)35/h5-8,11,15,17,21H,9-10,12-14,16,18H2,1-4H3. The average molecular weight is 603 g/mol. The van der Waals surface area contributed by atoms with E-state index in [1.807, 2.05) is 13.8 Å². The van der Waals surface area contributed by atoms with Gasteiger partial charge >= 0.3 is 5.97 Å². The molecule has 1 fully saturated rings. The van der Waals surface area contributed by atoms with E-state index in [9.17, 15) is 21.6 Å². The first-order valence-corrected chi connectivity index (χ1v) is 16.7. The van der Waals surface area contributed by atoms with Gasteiger partial charge in [-0.1, -0.05) is 24.6 Å². The fourth-order valence-corrected chi connectivity index (χ4v) is 7.32. The third-order valence-corrected chi connectivity index (χ3v) is 9.99. The lowest BCUT2D eigenvalue weighted by Gasteiger charge is -2.38. The minimum atomic E-state index is -3.89. The van der Waals surface area contributed by atoms with Gasteiger partial charge in [-0.3, -0.25) is 8.98 Å². The van der Waals surface area contributed by atoms with Crippen molar-refractivity contribution in [2.75, 3.05) is 19.5 Å². The lowest BCUT2D eigenvalue weighted by molar-refractivity contribution is -0.140. The molecule has 13 heteroatoms. The van der Waals surface area contributed by atoms with Crippen LogP contribution in [0, 0.1) is 12.3 Å².